The van der Waals surface area contributed by atoms with E-state index in [2.05, 4.69) is 10.6 Å². The molecule has 4 N–H and O–H groups in total. The molecule has 2 amide bonds. The van der Waals surface area contributed by atoms with E-state index in [1.165, 1.54) is 6.92 Å². The molecule has 0 fully saturated rings. The highest BCUT2D eigenvalue weighted by Crippen LogP contribution is 2.16. The van der Waals surface area contributed by atoms with Gasteiger partial charge in [-0.2, -0.15) is 0 Å². The highest BCUT2D eigenvalue weighted by Gasteiger charge is 2.02. The van der Waals surface area contributed by atoms with Crippen LogP contribution in [-0.4, -0.2) is 11.8 Å². The van der Waals surface area contributed by atoms with Crippen LogP contribution in [0.4, 0.5) is 11.4 Å². The average molecular weight is 283 g/mol. The van der Waals surface area contributed by atoms with Gasteiger partial charge in [0.2, 0.25) is 11.8 Å². The zero-order valence-electron chi connectivity index (χ0n) is 11.7. The molecule has 0 bridgehead atoms. The van der Waals surface area contributed by atoms with Crippen molar-refractivity contribution in [2.75, 3.05) is 10.6 Å². The first-order chi connectivity index (χ1) is 10.0. The molecule has 2 aromatic rings. The van der Waals surface area contributed by atoms with Crippen molar-refractivity contribution < 1.29 is 9.59 Å². The number of carbonyl (C=O) groups excluding carboxylic acids is 2. The minimum Gasteiger partial charge on any atom is -0.381 e. The van der Waals surface area contributed by atoms with Crippen LogP contribution in [0.3, 0.4) is 0 Å². The minimum atomic E-state index is -0.440. The quantitative estimate of drug-likeness (QED) is 0.787. The van der Waals surface area contributed by atoms with Crippen molar-refractivity contribution in [2.24, 2.45) is 5.73 Å². The van der Waals surface area contributed by atoms with Gasteiger partial charge in [0.05, 0.1) is 0 Å². The maximum absolute atomic E-state index is 11.1. The maximum Gasteiger partial charge on any atom is 0.248 e. The molecule has 0 aliphatic rings. The predicted molar refractivity (Wildman–Crippen MR) is 83.0 cm³/mol. The first kappa shape index (κ1) is 14.6. The fraction of sp³-hybridized carbons (Fsp3) is 0.125. The van der Waals surface area contributed by atoms with E-state index < -0.39 is 5.91 Å². The van der Waals surface area contributed by atoms with Crippen LogP contribution in [0.15, 0.2) is 48.5 Å². The van der Waals surface area contributed by atoms with Gasteiger partial charge < -0.3 is 16.4 Å². The molecule has 0 spiro atoms. The molecule has 0 aliphatic carbocycles. The molecule has 21 heavy (non-hydrogen) atoms. The summed E-state index contributed by atoms with van der Waals surface area (Å²) in [5.41, 5.74) is 8.31. The molecule has 0 aliphatic heterocycles. The van der Waals surface area contributed by atoms with E-state index in [4.69, 9.17) is 5.73 Å². The molecule has 0 heterocycles. The molecule has 0 atom stereocenters. The van der Waals surface area contributed by atoms with Gasteiger partial charge in [-0.15, -0.1) is 0 Å². The molecule has 0 aromatic heterocycles. The number of amides is 2. The number of benzene rings is 2. The summed E-state index contributed by atoms with van der Waals surface area (Å²) in [6.45, 7) is 2.03. The largest absolute Gasteiger partial charge is 0.381 e. The van der Waals surface area contributed by atoms with Crippen molar-refractivity contribution >= 4 is 23.2 Å². The number of carbonyl (C=O) groups is 2. The summed E-state index contributed by atoms with van der Waals surface area (Å²) in [5, 5.41) is 5.96. The van der Waals surface area contributed by atoms with E-state index in [9.17, 15) is 9.59 Å². The lowest BCUT2D eigenvalue weighted by Crippen LogP contribution is -2.11. The van der Waals surface area contributed by atoms with Crippen LogP contribution in [0, 0.1) is 0 Å². The zero-order chi connectivity index (χ0) is 15.2. The molecule has 0 saturated carbocycles. The minimum absolute atomic E-state index is 0.110. The standard InChI is InChI=1S/C16H17N3O2/c1-11(20)19-15-7-3-6-14(9-15)18-10-12-4-2-5-13(8-12)16(17)21/h2-9,18H,10H2,1H3,(H2,17,21)(H,19,20). The van der Waals surface area contributed by atoms with Crippen LogP contribution in [0.1, 0.15) is 22.8 Å². The van der Waals surface area contributed by atoms with Crippen molar-refractivity contribution in [2.45, 2.75) is 13.5 Å². The highest BCUT2D eigenvalue weighted by molar-refractivity contribution is 5.93. The molecule has 2 rings (SSSR count). The number of rotatable bonds is 5. The van der Waals surface area contributed by atoms with Crippen molar-refractivity contribution in [3.8, 4) is 0 Å². The van der Waals surface area contributed by atoms with E-state index in [1.807, 2.05) is 30.3 Å². The maximum atomic E-state index is 11.1. The number of hydrogen-bond donors (Lipinski definition) is 3. The summed E-state index contributed by atoms with van der Waals surface area (Å²) in [7, 11) is 0. The Morgan fingerprint density at radius 3 is 2.48 bits per heavy atom. The molecule has 0 radical (unpaired) electrons. The van der Waals surface area contributed by atoms with Crippen LogP contribution in [-0.2, 0) is 11.3 Å². The molecule has 2 aromatic carbocycles. The van der Waals surface area contributed by atoms with Gasteiger partial charge >= 0.3 is 0 Å². The second-order valence-corrected chi connectivity index (χ2v) is 4.68. The van der Waals surface area contributed by atoms with Crippen molar-refractivity contribution in [1.29, 1.82) is 0 Å². The number of nitrogens with two attached hydrogens (primary N) is 1. The van der Waals surface area contributed by atoms with Gasteiger partial charge in [-0.05, 0) is 35.9 Å². The number of hydrogen-bond acceptors (Lipinski definition) is 3. The van der Waals surface area contributed by atoms with Gasteiger partial charge in [-0.1, -0.05) is 18.2 Å². The summed E-state index contributed by atoms with van der Waals surface area (Å²) in [6, 6.07) is 14.6. The smallest absolute Gasteiger partial charge is 0.248 e. The molecule has 0 unspecified atom stereocenters. The predicted octanol–water partition coefficient (Wildman–Crippen LogP) is 2.36. The summed E-state index contributed by atoms with van der Waals surface area (Å²) < 4.78 is 0. The summed E-state index contributed by atoms with van der Waals surface area (Å²) in [5.74, 6) is -0.550. The lowest BCUT2D eigenvalue weighted by Gasteiger charge is -2.09. The van der Waals surface area contributed by atoms with Gasteiger partial charge in [0.25, 0.3) is 0 Å². The van der Waals surface area contributed by atoms with Gasteiger partial charge in [-0.25, -0.2) is 0 Å². The normalized spacial score (nSPS) is 9.95. The summed E-state index contributed by atoms with van der Waals surface area (Å²) in [4.78, 5) is 22.2. The molecule has 5 nitrogen and oxygen atoms in total. The fourth-order valence-electron chi connectivity index (χ4n) is 1.95. The van der Waals surface area contributed by atoms with Gasteiger partial charge in [0.1, 0.15) is 0 Å². The molecule has 5 heteroatoms. The summed E-state index contributed by atoms with van der Waals surface area (Å²) >= 11 is 0. The van der Waals surface area contributed by atoms with Crippen LogP contribution >= 0.6 is 0 Å². The van der Waals surface area contributed by atoms with Gasteiger partial charge in [0, 0.05) is 30.4 Å². The zero-order valence-corrected chi connectivity index (χ0v) is 11.7. The molecular weight excluding hydrogens is 266 g/mol. The molecule has 0 saturated heterocycles. The summed E-state index contributed by atoms with van der Waals surface area (Å²) in [6.07, 6.45) is 0. The lowest BCUT2D eigenvalue weighted by molar-refractivity contribution is -0.114. The Morgan fingerprint density at radius 2 is 1.76 bits per heavy atom. The average Bonchev–Trinajstić information content (AvgIpc) is 2.45. The van der Waals surface area contributed by atoms with E-state index in [-0.39, 0.29) is 5.91 Å². The third-order valence-corrected chi connectivity index (χ3v) is 2.89. The van der Waals surface area contributed by atoms with Crippen molar-refractivity contribution in [1.82, 2.24) is 0 Å². The first-order valence-corrected chi connectivity index (χ1v) is 6.55. The van der Waals surface area contributed by atoms with Gasteiger partial charge in [-0.3, -0.25) is 9.59 Å². The Hall–Kier alpha value is -2.82. The van der Waals surface area contributed by atoms with Crippen molar-refractivity contribution in [3.05, 3.63) is 59.7 Å². The Morgan fingerprint density at radius 1 is 1.05 bits per heavy atom. The number of nitrogens with one attached hydrogen (secondary N) is 2. The topological polar surface area (TPSA) is 84.2 Å². The lowest BCUT2D eigenvalue weighted by atomic mass is 10.1. The van der Waals surface area contributed by atoms with Crippen molar-refractivity contribution in [3.63, 3.8) is 0 Å². The number of anilines is 2. The Labute approximate surface area is 123 Å². The van der Waals surface area contributed by atoms with Gasteiger partial charge in [0.15, 0.2) is 0 Å². The van der Waals surface area contributed by atoms with E-state index in [0.29, 0.717) is 12.1 Å². The van der Waals surface area contributed by atoms with E-state index in [0.717, 1.165) is 16.9 Å². The highest BCUT2D eigenvalue weighted by atomic mass is 16.1. The molecular formula is C16H17N3O2. The molecule has 108 valence electrons. The SMILES string of the molecule is CC(=O)Nc1cccc(NCc2cccc(C(N)=O)c2)c1. The van der Waals surface area contributed by atoms with Crippen LogP contribution in [0.5, 0.6) is 0 Å². The Bertz CT molecular complexity index is 668. The first-order valence-electron chi connectivity index (χ1n) is 6.55. The Kier molecular flexibility index (Phi) is 4.56. The Balaban J connectivity index is 2.04. The van der Waals surface area contributed by atoms with Crippen LogP contribution in [0.2, 0.25) is 0 Å². The monoisotopic (exact) mass is 283 g/mol. The van der Waals surface area contributed by atoms with E-state index >= 15 is 0 Å². The van der Waals surface area contributed by atoms with Crippen LogP contribution in [0.25, 0.3) is 0 Å². The second-order valence-electron chi connectivity index (χ2n) is 4.68. The number of primary amides is 1. The van der Waals surface area contributed by atoms with E-state index in [1.54, 1.807) is 18.2 Å². The third-order valence-electron chi connectivity index (χ3n) is 2.89. The fourth-order valence-corrected chi connectivity index (χ4v) is 1.95. The second kappa shape index (κ2) is 6.56. The third kappa shape index (κ3) is 4.35. The van der Waals surface area contributed by atoms with Crippen LogP contribution < -0.4 is 16.4 Å².